The van der Waals surface area contributed by atoms with E-state index >= 15 is 0 Å². The van der Waals surface area contributed by atoms with Gasteiger partial charge in [-0.1, -0.05) is 19.0 Å². The molecule has 5 nitrogen and oxygen atoms in total. The third-order valence-corrected chi connectivity index (χ3v) is 2.79. The van der Waals surface area contributed by atoms with Gasteiger partial charge < -0.3 is 15.6 Å². The van der Waals surface area contributed by atoms with Gasteiger partial charge in [0.15, 0.2) is 5.69 Å². The third-order valence-electron chi connectivity index (χ3n) is 2.79. The van der Waals surface area contributed by atoms with Gasteiger partial charge in [0, 0.05) is 12.6 Å². The summed E-state index contributed by atoms with van der Waals surface area (Å²) >= 11 is 0. The van der Waals surface area contributed by atoms with Crippen molar-refractivity contribution in [2.45, 2.75) is 32.2 Å². The molecule has 0 atom stereocenters. The monoisotopic (exact) mass is 211 g/mol. The zero-order valence-corrected chi connectivity index (χ0v) is 9.12. The number of amides is 1. The lowest BCUT2D eigenvalue weighted by molar-refractivity contribution is 0.0886. The van der Waals surface area contributed by atoms with E-state index in [-0.39, 0.29) is 17.1 Å². The number of nitrogens with zero attached hydrogens (tertiary/aromatic N) is 1. The van der Waals surface area contributed by atoms with Crippen LogP contribution in [0.3, 0.4) is 0 Å². The molecule has 0 aliphatic carbocycles. The second kappa shape index (κ2) is 4.93. The summed E-state index contributed by atoms with van der Waals surface area (Å²) in [4.78, 5) is 11.7. The Morgan fingerprint density at radius 1 is 1.60 bits per heavy atom. The van der Waals surface area contributed by atoms with E-state index in [0.717, 1.165) is 12.8 Å². The molecule has 1 amide bonds. The minimum atomic E-state index is -0.337. The van der Waals surface area contributed by atoms with Crippen LogP contribution in [0.2, 0.25) is 0 Å². The van der Waals surface area contributed by atoms with Crippen molar-refractivity contribution in [1.29, 1.82) is 0 Å². The molecule has 0 unspecified atom stereocenters. The molecule has 0 fully saturated rings. The Balaban J connectivity index is 2.71. The standard InChI is InChI=1S/C10H17N3O2/c1-3-10(4-2,7-11)12-9(14)8-5-6-15-13-8/h5-6H,3-4,7,11H2,1-2H3,(H,12,14). The van der Waals surface area contributed by atoms with E-state index in [2.05, 4.69) is 15.0 Å². The summed E-state index contributed by atoms with van der Waals surface area (Å²) in [5.74, 6) is -0.238. The topological polar surface area (TPSA) is 81.1 Å². The molecular formula is C10H17N3O2. The number of carbonyl (C=O) groups is 1. The molecule has 1 aromatic heterocycles. The average Bonchev–Trinajstić information content (AvgIpc) is 2.79. The SMILES string of the molecule is CCC(CC)(CN)NC(=O)c1ccon1. The smallest absolute Gasteiger partial charge is 0.273 e. The molecule has 1 aromatic rings. The number of nitrogens with two attached hydrogens (primary N) is 1. The maximum absolute atomic E-state index is 11.7. The van der Waals surface area contributed by atoms with E-state index in [9.17, 15) is 4.79 Å². The number of rotatable bonds is 5. The molecule has 84 valence electrons. The Kier molecular flexibility index (Phi) is 3.85. The van der Waals surface area contributed by atoms with E-state index in [4.69, 9.17) is 5.73 Å². The molecule has 0 saturated heterocycles. The summed E-state index contributed by atoms with van der Waals surface area (Å²) in [5, 5.41) is 6.47. The normalized spacial score (nSPS) is 11.4. The fourth-order valence-electron chi connectivity index (χ4n) is 1.40. The average molecular weight is 211 g/mol. The molecule has 5 heteroatoms. The van der Waals surface area contributed by atoms with Crippen LogP contribution in [0.5, 0.6) is 0 Å². The third kappa shape index (κ3) is 2.56. The number of hydrogen-bond donors (Lipinski definition) is 2. The maximum Gasteiger partial charge on any atom is 0.273 e. The largest absolute Gasteiger partial charge is 0.364 e. The van der Waals surface area contributed by atoms with Crippen molar-refractivity contribution in [3.05, 3.63) is 18.0 Å². The van der Waals surface area contributed by atoms with E-state index in [0.29, 0.717) is 6.54 Å². The number of aromatic nitrogens is 1. The van der Waals surface area contributed by atoms with Gasteiger partial charge in [-0.15, -0.1) is 0 Å². The Hall–Kier alpha value is -1.36. The Bertz CT molecular complexity index is 296. The van der Waals surface area contributed by atoms with Crippen LogP contribution in [0.15, 0.2) is 16.9 Å². The Labute approximate surface area is 89.0 Å². The van der Waals surface area contributed by atoms with Gasteiger partial charge in [-0.25, -0.2) is 0 Å². The highest BCUT2D eigenvalue weighted by Gasteiger charge is 2.27. The fraction of sp³-hybridized carbons (Fsp3) is 0.600. The number of hydrogen-bond acceptors (Lipinski definition) is 4. The van der Waals surface area contributed by atoms with Gasteiger partial charge in [-0.2, -0.15) is 0 Å². The molecule has 0 radical (unpaired) electrons. The van der Waals surface area contributed by atoms with Crippen LogP contribution >= 0.6 is 0 Å². The first-order valence-corrected chi connectivity index (χ1v) is 5.10. The minimum Gasteiger partial charge on any atom is -0.364 e. The van der Waals surface area contributed by atoms with Crippen LogP contribution in [-0.4, -0.2) is 23.1 Å². The number of carbonyl (C=O) groups excluding carboxylic acids is 1. The van der Waals surface area contributed by atoms with Gasteiger partial charge in [-0.05, 0) is 12.8 Å². The summed E-state index contributed by atoms with van der Waals surface area (Å²) < 4.78 is 4.61. The summed E-state index contributed by atoms with van der Waals surface area (Å²) in [6, 6.07) is 1.53. The summed E-state index contributed by atoms with van der Waals surface area (Å²) in [5.41, 5.74) is 5.62. The van der Waals surface area contributed by atoms with E-state index < -0.39 is 0 Å². The first-order valence-electron chi connectivity index (χ1n) is 5.10. The minimum absolute atomic E-state index is 0.238. The summed E-state index contributed by atoms with van der Waals surface area (Å²) in [6.45, 7) is 4.42. The van der Waals surface area contributed by atoms with E-state index in [1.54, 1.807) is 0 Å². The first kappa shape index (κ1) is 11.7. The van der Waals surface area contributed by atoms with Crippen molar-refractivity contribution in [1.82, 2.24) is 10.5 Å². The van der Waals surface area contributed by atoms with Crippen molar-refractivity contribution >= 4 is 5.91 Å². The van der Waals surface area contributed by atoms with E-state index in [1.807, 2.05) is 13.8 Å². The second-order valence-corrected chi connectivity index (χ2v) is 3.53. The van der Waals surface area contributed by atoms with Gasteiger partial charge in [0.25, 0.3) is 5.91 Å². The first-order chi connectivity index (χ1) is 7.17. The fourth-order valence-corrected chi connectivity index (χ4v) is 1.40. The van der Waals surface area contributed by atoms with Crippen LogP contribution in [-0.2, 0) is 0 Å². The van der Waals surface area contributed by atoms with Crippen molar-refractivity contribution < 1.29 is 9.32 Å². The molecule has 15 heavy (non-hydrogen) atoms. The van der Waals surface area contributed by atoms with Crippen LogP contribution in [0, 0.1) is 0 Å². The maximum atomic E-state index is 11.7. The van der Waals surface area contributed by atoms with Crippen molar-refractivity contribution in [3.8, 4) is 0 Å². The lowest BCUT2D eigenvalue weighted by atomic mass is 9.93. The predicted octanol–water partition coefficient (Wildman–Crippen LogP) is 0.922. The van der Waals surface area contributed by atoms with Gasteiger partial charge in [0.2, 0.25) is 0 Å². The highest BCUT2D eigenvalue weighted by Crippen LogP contribution is 2.13. The van der Waals surface area contributed by atoms with Gasteiger partial charge in [0.05, 0.1) is 5.54 Å². The van der Waals surface area contributed by atoms with E-state index in [1.165, 1.54) is 12.3 Å². The van der Waals surface area contributed by atoms with Crippen molar-refractivity contribution in [3.63, 3.8) is 0 Å². The Morgan fingerprint density at radius 3 is 2.67 bits per heavy atom. The second-order valence-electron chi connectivity index (χ2n) is 3.53. The van der Waals surface area contributed by atoms with Gasteiger partial charge in [0.1, 0.15) is 6.26 Å². The molecule has 0 saturated carbocycles. The van der Waals surface area contributed by atoms with Crippen LogP contribution in [0.25, 0.3) is 0 Å². The quantitative estimate of drug-likeness (QED) is 0.758. The van der Waals surface area contributed by atoms with Crippen molar-refractivity contribution in [2.24, 2.45) is 5.73 Å². The molecule has 0 spiro atoms. The molecule has 3 N–H and O–H groups in total. The van der Waals surface area contributed by atoms with Crippen LogP contribution in [0.1, 0.15) is 37.2 Å². The zero-order chi connectivity index (χ0) is 11.3. The van der Waals surface area contributed by atoms with Crippen LogP contribution in [0.4, 0.5) is 0 Å². The van der Waals surface area contributed by atoms with Gasteiger partial charge in [-0.3, -0.25) is 4.79 Å². The van der Waals surface area contributed by atoms with Crippen molar-refractivity contribution in [2.75, 3.05) is 6.54 Å². The predicted molar refractivity (Wildman–Crippen MR) is 56.3 cm³/mol. The summed E-state index contributed by atoms with van der Waals surface area (Å²) in [6.07, 6.45) is 2.96. The molecule has 1 rings (SSSR count). The lowest BCUT2D eigenvalue weighted by Gasteiger charge is -2.30. The molecule has 0 aliphatic rings. The zero-order valence-electron chi connectivity index (χ0n) is 9.12. The molecular weight excluding hydrogens is 194 g/mol. The highest BCUT2D eigenvalue weighted by atomic mass is 16.5. The summed E-state index contributed by atoms with van der Waals surface area (Å²) in [7, 11) is 0. The molecule has 1 heterocycles. The Morgan fingerprint density at radius 2 is 2.27 bits per heavy atom. The molecule has 0 aromatic carbocycles. The number of nitrogens with one attached hydrogen (secondary N) is 1. The van der Waals surface area contributed by atoms with Gasteiger partial charge >= 0.3 is 0 Å². The highest BCUT2D eigenvalue weighted by molar-refractivity contribution is 5.92. The van der Waals surface area contributed by atoms with Crippen LogP contribution < -0.4 is 11.1 Å². The molecule has 0 bridgehead atoms. The lowest BCUT2D eigenvalue weighted by Crippen LogP contribution is -2.52. The molecule has 0 aliphatic heterocycles.